The highest BCUT2D eigenvalue weighted by Gasteiger charge is 2.22. The fourth-order valence-corrected chi connectivity index (χ4v) is 3.03. The van der Waals surface area contributed by atoms with Crippen molar-refractivity contribution in [1.29, 1.82) is 0 Å². The van der Waals surface area contributed by atoms with Crippen molar-refractivity contribution in [1.82, 2.24) is 19.3 Å². The van der Waals surface area contributed by atoms with Crippen molar-refractivity contribution in [2.24, 2.45) is 5.73 Å². The molecule has 116 valence electrons. The van der Waals surface area contributed by atoms with Gasteiger partial charge in [-0.2, -0.15) is 5.10 Å². The average molecular weight is 301 g/mol. The predicted octanol–water partition coefficient (Wildman–Crippen LogP) is 0.962. The predicted molar refractivity (Wildman–Crippen MR) is 80.6 cm³/mol. The Bertz CT molecular complexity index is 714. The third-order valence-corrected chi connectivity index (χ3v) is 4.06. The summed E-state index contributed by atoms with van der Waals surface area (Å²) < 4.78 is 3.27. The van der Waals surface area contributed by atoms with E-state index in [0.717, 1.165) is 25.7 Å². The van der Waals surface area contributed by atoms with Gasteiger partial charge in [-0.1, -0.05) is 19.3 Å². The van der Waals surface area contributed by atoms with E-state index in [2.05, 4.69) is 10.1 Å². The van der Waals surface area contributed by atoms with Crippen LogP contribution < -0.4 is 11.3 Å². The number of primary amides is 1. The summed E-state index contributed by atoms with van der Waals surface area (Å²) in [5.74, 6) is -0.0314. The number of hydrogen-bond donors (Lipinski definition) is 1. The molecule has 1 fully saturated rings. The molecule has 7 heteroatoms. The molecule has 2 aromatic rings. The second-order valence-corrected chi connectivity index (χ2v) is 5.64. The first-order valence-corrected chi connectivity index (χ1v) is 7.55. The van der Waals surface area contributed by atoms with Crippen LogP contribution in [0.1, 0.15) is 43.7 Å². The highest BCUT2D eigenvalue weighted by molar-refractivity contribution is 5.76. The van der Waals surface area contributed by atoms with Crippen LogP contribution in [0.5, 0.6) is 0 Å². The lowest BCUT2D eigenvalue weighted by Crippen LogP contribution is -2.34. The molecule has 2 heterocycles. The van der Waals surface area contributed by atoms with E-state index in [4.69, 9.17) is 5.73 Å². The molecule has 1 aliphatic carbocycles. The summed E-state index contributed by atoms with van der Waals surface area (Å²) in [6.45, 7) is 0. The highest BCUT2D eigenvalue weighted by atomic mass is 16.1. The van der Waals surface area contributed by atoms with Crippen LogP contribution in [0, 0.1) is 0 Å². The Morgan fingerprint density at radius 2 is 2.09 bits per heavy atom. The van der Waals surface area contributed by atoms with E-state index in [0.29, 0.717) is 11.5 Å². The standard InChI is InChI=1S/C15H19N5O2/c16-13(21)9-11-10-17-15(19-8-4-7-18-19)20(14(11)22)12-5-2-1-3-6-12/h4,7-8,10,12H,1-3,5-6,9H2,(H2,16,21). The number of amides is 1. The normalized spacial score (nSPS) is 15.8. The maximum absolute atomic E-state index is 12.8. The molecule has 0 atom stereocenters. The molecule has 0 aliphatic heterocycles. The van der Waals surface area contributed by atoms with Crippen molar-refractivity contribution in [3.8, 4) is 5.95 Å². The van der Waals surface area contributed by atoms with Crippen LogP contribution in [0.2, 0.25) is 0 Å². The van der Waals surface area contributed by atoms with Crippen molar-refractivity contribution in [2.45, 2.75) is 44.6 Å². The zero-order valence-corrected chi connectivity index (χ0v) is 12.3. The second-order valence-electron chi connectivity index (χ2n) is 5.64. The van der Waals surface area contributed by atoms with Crippen LogP contribution in [-0.4, -0.2) is 25.2 Å². The molecule has 1 amide bonds. The molecular formula is C15H19N5O2. The molecule has 0 aromatic carbocycles. The minimum atomic E-state index is -0.527. The number of nitrogens with zero attached hydrogens (tertiary/aromatic N) is 4. The Morgan fingerprint density at radius 3 is 2.73 bits per heavy atom. The van der Waals surface area contributed by atoms with Crippen molar-refractivity contribution in [3.05, 3.63) is 40.6 Å². The number of hydrogen-bond acceptors (Lipinski definition) is 4. The van der Waals surface area contributed by atoms with E-state index in [1.165, 1.54) is 12.6 Å². The molecule has 2 aromatic heterocycles. The van der Waals surface area contributed by atoms with Crippen LogP contribution in [0.15, 0.2) is 29.5 Å². The van der Waals surface area contributed by atoms with Gasteiger partial charge in [0.2, 0.25) is 11.9 Å². The first-order valence-electron chi connectivity index (χ1n) is 7.55. The molecule has 0 bridgehead atoms. The summed E-state index contributed by atoms with van der Waals surface area (Å²) in [5.41, 5.74) is 5.38. The van der Waals surface area contributed by atoms with Crippen LogP contribution in [0.25, 0.3) is 5.95 Å². The summed E-state index contributed by atoms with van der Waals surface area (Å²) in [6, 6.07) is 1.88. The zero-order chi connectivity index (χ0) is 15.5. The van der Waals surface area contributed by atoms with Crippen molar-refractivity contribution < 1.29 is 4.79 Å². The topological polar surface area (TPSA) is 95.8 Å². The van der Waals surface area contributed by atoms with Gasteiger partial charge < -0.3 is 5.73 Å². The Morgan fingerprint density at radius 1 is 1.32 bits per heavy atom. The van der Waals surface area contributed by atoms with Gasteiger partial charge >= 0.3 is 0 Å². The van der Waals surface area contributed by atoms with E-state index in [1.807, 2.05) is 0 Å². The quantitative estimate of drug-likeness (QED) is 0.909. The summed E-state index contributed by atoms with van der Waals surface area (Å²) in [6.07, 6.45) is 10.0. The van der Waals surface area contributed by atoms with Gasteiger partial charge in [-0.25, -0.2) is 9.67 Å². The second kappa shape index (κ2) is 6.13. The number of nitrogens with two attached hydrogens (primary N) is 1. The van der Waals surface area contributed by atoms with Gasteiger partial charge in [-0.3, -0.25) is 14.2 Å². The Hall–Kier alpha value is -2.44. The minimum Gasteiger partial charge on any atom is -0.369 e. The summed E-state index contributed by atoms with van der Waals surface area (Å²) in [4.78, 5) is 28.3. The van der Waals surface area contributed by atoms with Crippen LogP contribution in [0.4, 0.5) is 0 Å². The van der Waals surface area contributed by atoms with Crippen molar-refractivity contribution >= 4 is 5.91 Å². The largest absolute Gasteiger partial charge is 0.369 e. The van der Waals surface area contributed by atoms with Crippen LogP contribution >= 0.6 is 0 Å². The molecule has 2 N–H and O–H groups in total. The Kier molecular flexibility index (Phi) is 4.04. The number of aromatic nitrogens is 4. The number of rotatable bonds is 4. The van der Waals surface area contributed by atoms with Crippen LogP contribution in [0.3, 0.4) is 0 Å². The lowest BCUT2D eigenvalue weighted by molar-refractivity contribution is -0.117. The summed E-state index contributed by atoms with van der Waals surface area (Å²) in [7, 11) is 0. The SMILES string of the molecule is NC(=O)Cc1cnc(-n2cccn2)n(C2CCCCC2)c1=O. The van der Waals surface area contributed by atoms with E-state index in [-0.39, 0.29) is 18.0 Å². The molecule has 22 heavy (non-hydrogen) atoms. The Labute approximate surface area is 127 Å². The monoisotopic (exact) mass is 301 g/mol. The van der Waals surface area contributed by atoms with Gasteiger partial charge in [0.1, 0.15) is 0 Å². The van der Waals surface area contributed by atoms with E-state index >= 15 is 0 Å². The third-order valence-electron chi connectivity index (χ3n) is 4.06. The fourth-order valence-electron chi connectivity index (χ4n) is 3.03. The van der Waals surface area contributed by atoms with E-state index < -0.39 is 5.91 Å². The van der Waals surface area contributed by atoms with E-state index in [1.54, 1.807) is 27.7 Å². The molecular weight excluding hydrogens is 282 g/mol. The minimum absolute atomic E-state index is 0.0854. The van der Waals surface area contributed by atoms with Gasteiger partial charge in [0, 0.05) is 30.2 Å². The summed E-state index contributed by atoms with van der Waals surface area (Å²) >= 11 is 0. The van der Waals surface area contributed by atoms with Gasteiger partial charge in [-0.05, 0) is 18.9 Å². The number of carbonyl (C=O) groups is 1. The smallest absolute Gasteiger partial charge is 0.258 e. The lowest BCUT2D eigenvalue weighted by atomic mass is 9.95. The molecule has 1 aliphatic rings. The maximum Gasteiger partial charge on any atom is 0.258 e. The zero-order valence-electron chi connectivity index (χ0n) is 12.3. The number of carbonyl (C=O) groups excluding carboxylic acids is 1. The van der Waals surface area contributed by atoms with Crippen LogP contribution in [-0.2, 0) is 11.2 Å². The van der Waals surface area contributed by atoms with Gasteiger partial charge in [0.15, 0.2) is 0 Å². The van der Waals surface area contributed by atoms with Gasteiger partial charge in [-0.15, -0.1) is 0 Å². The highest BCUT2D eigenvalue weighted by Crippen LogP contribution is 2.28. The molecule has 0 unspecified atom stereocenters. The first-order chi connectivity index (χ1) is 10.7. The molecule has 0 saturated heterocycles. The molecule has 3 rings (SSSR count). The first kappa shape index (κ1) is 14.5. The van der Waals surface area contributed by atoms with E-state index in [9.17, 15) is 9.59 Å². The molecule has 7 nitrogen and oxygen atoms in total. The third kappa shape index (κ3) is 2.79. The maximum atomic E-state index is 12.8. The average Bonchev–Trinajstić information content (AvgIpc) is 3.03. The van der Waals surface area contributed by atoms with Crippen molar-refractivity contribution in [3.63, 3.8) is 0 Å². The fraction of sp³-hybridized carbons (Fsp3) is 0.467. The summed E-state index contributed by atoms with van der Waals surface area (Å²) in [5, 5.41) is 4.18. The molecule has 0 spiro atoms. The van der Waals surface area contributed by atoms with Gasteiger partial charge in [0.25, 0.3) is 5.56 Å². The molecule has 0 radical (unpaired) electrons. The Balaban J connectivity index is 2.12. The lowest BCUT2D eigenvalue weighted by Gasteiger charge is -2.26. The molecule has 1 saturated carbocycles. The van der Waals surface area contributed by atoms with Crippen molar-refractivity contribution in [2.75, 3.05) is 0 Å². The van der Waals surface area contributed by atoms with Gasteiger partial charge in [0.05, 0.1) is 6.42 Å².